The lowest BCUT2D eigenvalue weighted by Crippen LogP contribution is -1.92. The van der Waals surface area contributed by atoms with E-state index >= 15 is 0 Å². The van der Waals surface area contributed by atoms with Crippen LogP contribution in [-0.2, 0) is 4.74 Å². The van der Waals surface area contributed by atoms with Crippen molar-refractivity contribution in [2.75, 3.05) is 7.11 Å². The topological polar surface area (TPSA) is 26.3 Å². The third-order valence-electron chi connectivity index (χ3n) is 2.04. The van der Waals surface area contributed by atoms with E-state index in [1.165, 1.54) is 11.8 Å². The van der Waals surface area contributed by atoms with Crippen LogP contribution < -0.4 is 0 Å². The van der Waals surface area contributed by atoms with Crippen LogP contribution in [0.2, 0.25) is 0 Å². The maximum Gasteiger partial charge on any atom is 0.200 e. The van der Waals surface area contributed by atoms with Crippen LogP contribution in [-0.4, -0.2) is 12.9 Å². The van der Waals surface area contributed by atoms with E-state index < -0.39 is 0 Å². The molecule has 1 aromatic carbocycles. The molecule has 1 aliphatic heterocycles. The Kier molecular flexibility index (Phi) is 2.92. The molecule has 76 valence electrons. The minimum absolute atomic E-state index is 0.0938. The van der Waals surface area contributed by atoms with Gasteiger partial charge in [0.2, 0.25) is 5.78 Å². The number of fused-ring (bicyclic) bond motifs is 1. The third-order valence-corrected chi connectivity index (χ3v) is 3.15. The van der Waals surface area contributed by atoms with E-state index in [0.717, 1.165) is 15.4 Å². The Morgan fingerprint density at radius 1 is 1.33 bits per heavy atom. The van der Waals surface area contributed by atoms with Crippen LogP contribution in [0.1, 0.15) is 10.4 Å². The van der Waals surface area contributed by atoms with E-state index in [2.05, 4.69) is 0 Å². The van der Waals surface area contributed by atoms with Gasteiger partial charge in [-0.05, 0) is 24.3 Å². The molecule has 0 unspecified atom stereocenters. The number of allylic oxidation sites excluding steroid dienone is 3. The number of hydrogen-bond acceptors (Lipinski definition) is 3. The van der Waals surface area contributed by atoms with E-state index in [1.807, 2.05) is 24.3 Å². The molecule has 0 radical (unpaired) electrons. The van der Waals surface area contributed by atoms with Crippen LogP contribution in [0.5, 0.6) is 0 Å². The summed E-state index contributed by atoms with van der Waals surface area (Å²) in [6.45, 7) is 0. The summed E-state index contributed by atoms with van der Waals surface area (Å²) in [5.74, 6) is 0.0938. The first-order valence-electron chi connectivity index (χ1n) is 4.54. The molecule has 0 aliphatic carbocycles. The Labute approximate surface area is 92.6 Å². The number of benzene rings is 1. The number of Topliss-reactive ketones (excluding diaryl/α,β-unsaturated/α-hetero) is 1. The highest BCUT2D eigenvalue weighted by molar-refractivity contribution is 8.04. The summed E-state index contributed by atoms with van der Waals surface area (Å²) in [5.41, 5.74) is 0.791. The first-order valence-corrected chi connectivity index (χ1v) is 5.36. The number of hydrogen-bond donors (Lipinski definition) is 0. The van der Waals surface area contributed by atoms with Crippen molar-refractivity contribution in [3.63, 3.8) is 0 Å². The largest absolute Gasteiger partial charge is 0.504 e. The van der Waals surface area contributed by atoms with Crippen LogP contribution in [0, 0.1) is 0 Å². The first kappa shape index (κ1) is 10.1. The summed E-state index contributed by atoms with van der Waals surface area (Å²) in [6, 6.07) is 7.63. The Hall–Kier alpha value is -1.48. The maximum atomic E-state index is 11.8. The maximum absolute atomic E-state index is 11.8. The van der Waals surface area contributed by atoms with Gasteiger partial charge in [0.15, 0.2) is 0 Å². The van der Waals surface area contributed by atoms with Crippen LogP contribution in [0.4, 0.5) is 0 Å². The second-order valence-electron chi connectivity index (χ2n) is 3.02. The minimum Gasteiger partial charge on any atom is -0.504 e. The van der Waals surface area contributed by atoms with Crippen molar-refractivity contribution < 1.29 is 9.53 Å². The molecular formula is C12H10O2S. The zero-order chi connectivity index (χ0) is 10.7. The van der Waals surface area contributed by atoms with Gasteiger partial charge in [-0.1, -0.05) is 23.9 Å². The average molecular weight is 218 g/mol. The molecule has 0 N–H and O–H groups in total. The molecule has 0 saturated carbocycles. The third kappa shape index (κ3) is 1.97. The molecule has 2 rings (SSSR count). The Bertz CT molecular complexity index is 447. The molecule has 1 heterocycles. The summed E-state index contributed by atoms with van der Waals surface area (Å²) in [7, 11) is 1.58. The molecule has 0 fully saturated rings. The molecule has 1 aliphatic rings. The molecule has 0 bridgehead atoms. The zero-order valence-corrected chi connectivity index (χ0v) is 9.08. The van der Waals surface area contributed by atoms with E-state index in [1.54, 1.807) is 25.5 Å². The van der Waals surface area contributed by atoms with Crippen LogP contribution in [0.15, 0.2) is 52.5 Å². The number of ketones is 1. The normalized spacial score (nSPS) is 17.4. The fourth-order valence-corrected chi connectivity index (χ4v) is 2.36. The SMILES string of the molecule is COC=CC=C1Sc2ccccc2C1=O. The second kappa shape index (κ2) is 4.36. The predicted molar refractivity (Wildman–Crippen MR) is 60.9 cm³/mol. The van der Waals surface area contributed by atoms with E-state index in [4.69, 9.17) is 4.74 Å². The van der Waals surface area contributed by atoms with E-state index in [0.29, 0.717) is 0 Å². The first-order chi connectivity index (χ1) is 7.33. The molecule has 0 atom stereocenters. The molecule has 0 aromatic heterocycles. The van der Waals surface area contributed by atoms with Crippen molar-refractivity contribution in [1.82, 2.24) is 0 Å². The fourth-order valence-electron chi connectivity index (χ4n) is 1.36. The summed E-state index contributed by atoms with van der Waals surface area (Å²) in [5, 5.41) is 0. The van der Waals surface area contributed by atoms with Gasteiger partial charge < -0.3 is 4.74 Å². The highest BCUT2D eigenvalue weighted by Crippen LogP contribution is 2.39. The van der Waals surface area contributed by atoms with Gasteiger partial charge in [0, 0.05) is 10.5 Å². The van der Waals surface area contributed by atoms with Crippen molar-refractivity contribution in [1.29, 1.82) is 0 Å². The lowest BCUT2D eigenvalue weighted by Gasteiger charge is -1.90. The van der Waals surface area contributed by atoms with Gasteiger partial charge in [0.1, 0.15) is 0 Å². The molecule has 1 aromatic rings. The smallest absolute Gasteiger partial charge is 0.200 e. The molecule has 0 spiro atoms. The summed E-state index contributed by atoms with van der Waals surface area (Å²) in [4.78, 5) is 13.6. The highest BCUT2D eigenvalue weighted by Gasteiger charge is 2.24. The van der Waals surface area contributed by atoms with Crippen molar-refractivity contribution >= 4 is 17.5 Å². The number of rotatable bonds is 2. The monoisotopic (exact) mass is 218 g/mol. The van der Waals surface area contributed by atoms with Gasteiger partial charge >= 0.3 is 0 Å². The van der Waals surface area contributed by atoms with E-state index in [9.17, 15) is 4.79 Å². The van der Waals surface area contributed by atoms with Gasteiger partial charge in [-0.25, -0.2) is 0 Å². The summed E-state index contributed by atoms with van der Waals surface area (Å²) in [6.07, 6.45) is 5.05. The summed E-state index contributed by atoms with van der Waals surface area (Å²) >= 11 is 1.50. The molecule has 2 nitrogen and oxygen atoms in total. The minimum atomic E-state index is 0.0938. The van der Waals surface area contributed by atoms with Gasteiger partial charge in [0.05, 0.1) is 18.3 Å². The number of methoxy groups -OCH3 is 1. The predicted octanol–water partition coefficient (Wildman–Crippen LogP) is 3.02. The fraction of sp³-hybridized carbons (Fsp3) is 0.0833. The molecular weight excluding hydrogens is 208 g/mol. The van der Waals surface area contributed by atoms with Gasteiger partial charge in [-0.15, -0.1) is 0 Å². The average Bonchev–Trinajstić information content (AvgIpc) is 2.57. The molecule has 0 saturated heterocycles. The number of carbonyl (C=O) groups is 1. The van der Waals surface area contributed by atoms with E-state index in [-0.39, 0.29) is 5.78 Å². The Balaban J connectivity index is 2.27. The molecule has 0 amide bonds. The molecule has 15 heavy (non-hydrogen) atoms. The Morgan fingerprint density at radius 3 is 2.87 bits per heavy atom. The standard InChI is InChI=1S/C12H10O2S/c1-14-8-4-7-11-12(13)9-5-2-3-6-10(9)15-11/h2-8H,1H3. The highest BCUT2D eigenvalue weighted by atomic mass is 32.2. The molecule has 3 heteroatoms. The Morgan fingerprint density at radius 2 is 2.13 bits per heavy atom. The zero-order valence-electron chi connectivity index (χ0n) is 8.27. The van der Waals surface area contributed by atoms with Gasteiger partial charge in [-0.2, -0.15) is 0 Å². The quantitative estimate of drug-likeness (QED) is 0.564. The van der Waals surface area contributed by atoms with Crippen molar-refractivity contribution in [3.8, 4) is 0 Å². The second-order valence-corrected chi connectivity index (χ2v) is 4.11. The van der Waals surface area contributed by atoms with Crippen LogP contribution >= 0.6 is 11.8 Å². The van der Waals surface area contributed by atoms with Crippen LogP contribution in [0.3, 0.4) is 0 Å². The van der Waals surface area contributed by atoms with Gasteiger partial charge in [0.25, 0.3) is 0 Å². The van der Waals surface area contributed by atoms with Gasteiger partial charge in [-0.3, -0.25) is 4.79 Å². The van der Waals surface area contributed by atoms with Crippen molar-refractivity contribution in [2.45, 2.75) is 4.90 Å². The van der Waals surface area contributed by atoms with Crippen molar-refractivity contribution in [2.24, 2.45) is 0 Å². The number of thioether (sulfide) groups is 1. The summed E-state index contributed by atoms with van der Waals surface area (Å²) < 4.78 is 4.77. The van der Waals surface area contributed by atoms with Crippen LogP contribution in [0.25, 0.3) is 0 Å². The number of carbonyl (C=O) groups excluding carboxylic acids is 1. The lowest BCUT2D eigenvalue weighted by molar-refractivity contribution is 0.104. The lowest BCUT2D eigenvalue weighted by atomic mass is 10.1. The number of ether oxygens (including phenoxy) is 1. The van der Waals surface area contributed by atoms with Crippen molar-refractivity contribution in [3.05, 3.63) is 53.1 Å².